The van der Waals surface area contributed by atoms with Gasteiger partial charge in [0, 0.05) is 17.0 Å². The number of rotatable bonds is 5. The number of hydrogen-bond acceptors (Lipinski definition) is 4. The minimum Gasteiger partial charge on any atom is -0.367 e. The number of anilines is 1. The summed E-state index contributed by atoms with van der Waals surface area (Å²) >= 11 is 12.7. The average molecular weight is 437 g/mol. The Labute approximate surface area is 176 Å². The van der Waals surface area contributed by atoms with Crippen LogP contribution in [0.5, 0.6) is 0 Å². The molecule has 0 fully saturated rings. The summed E-state index contributed by atoms with van der Waals surface area (Å²) < 4.78 is 13.4. The van der Waals surface area contributed by atoms with E-state index in [1.54, 1.807) is 17.7 Å². The number of carbonyl (C=O) groups is 1. The quantitative estimate of drug-likeness (QED) is 0.618. The summed E-state index contributed by atoms with van der Waals surface area (Å²) in [5.41, 5.74) is 8.26. The van der Waals surface area contributed by atoms with Crippen LogP contribution < -0.4 is 16.4 Å². The number of primary amides is 1. The van der Waals surface area contributed by atoms with Crippen LogP contribution in [-0.4, -0.2) is 22.3 Å². The first-order valence-electron chi connectivity index (χ1n) is 8.40. The van der Waals surface area contributed by atoms with Crippen molar-refractivity contribution in [3.8, 4) is 0 Å². The zero-order valence-electron chi connectivity index (χ0n) is 14.9. The molecule has 0 spiro atoms. The van der Waals surface area contributed by atoms with E-state index >= 15 is 0 Å². The van der Waals surface area contributed by atoms with E-state index in [4.69, 9.17) is 29.6 Å². The van der Waals surface area contributed by atoms with Gasteiger partial charge in [0.2, 0.25) is 0 Å². The van der Waals surface area contributed by atoms with Crippen LogP contribution >= 0.6 is 35.6 Å². The second-order valence-corrected chi connectivity index (χ2v) is 7.96. The number of thiocarbonyl (C=S) groups is 1. The molecular weight excluding hydrogens is 419 g/mol. The number of amides is 1. The van der Waals surface area contributed by atoms with Gasteiger partial charge in [0.1, 0.15) is 5.82 Å². The summed E-state index contributed by atoms with van der Waals surface area (Å²) in [6.45, 7) is 1.88. The Hall–Kier alpha value is -2.16. The highest BCUT2D eigenvalue weighted by molar-refractivity contribution is 8.12. The van der Waals surface area contributed by atoms with Crippen LogP contribution in [0.15, 0.2) is 47.5 Å². The molecule has 146 valence electrons. The molecular formula is C19H18ClFN4OS2. The van der Waals surface area contributed by atoms with Gasteiger partial charge in [0.25, 0.3) is 5.91 Å². The molecule has 1 heterocycles. The van der Waals surface area contributed by atoms with E-state index in [-0.39, 0.29) is 11.1 Å². The van der Waals surface area contributed by atoms with Gasteiger partial charge in [-0.1, -0.05) is 35.9 Å². The Morgan fingerprint density at radius 3 is 2.79 bits per heavy atom. The molecule has 0 bridgehead atoms. The third kappa shape index (κ3) is 4.14. The van der Waals surface area contributed by atoms with Crippen molar-refractivity contribution in [3.05, 3.63) is 64.4 Å². The Kier molecular flexibility index (Phi) is 6.22. The monoisotopic (exact) mass is 436 g/mol. The van der Waals surface area contributed by atoms with E-state index < -0.39 is 17.3 Å². The van der Waals surface area contributed by atoms with Crippen LogP contribution in [0.1, 0.15) is 24.1 Å². The molecule has 0 saturated carbocycles. The number of halogens is 2. The van der Waals surface area contributed by atoms with E-state index in [9.17, 15) is 9.18 Å². The number of aliphatic imine (C=N–C) groups is 1. The molecule has 5 nitrogen and oxygen atoms in total. The van der Waals surface area contributed by atoms with E-state index in [1.807, 2.05) is 31.2 Å². The van der Waals surface area contributed by atoms with Gasteiger partial charge < -0.3 is 16.4 Å². The summed E-state index contributed by atoms with van der Waals surface area (Å²) in [7, 11) is 0. The fourth-order valence-corrected chi connectivity index (χ4v) is 4.33. The molecule has 0 saturated heterocycles. The lowest BCUT2D eigenvalue weighted by molar-refractivity contribution is -0.122. The van der Waals surface area contributed by atoms with Crippen molar-refractivity contribution in [1.29, 1.82) is 0 Å². The molecule has 0 radical (unpaired) electrons. The SMILES string of the molecule is CC(NC(=S)Nc1ccccc1C1(C(N)=O)CSC=N1)c1ccc(F)c(Cl)c1. The maximum Gasteiger partial charge on any atom is 0.250 e. The van der Waals surface area contributed by atoms with E-state index in [0.29, 0.717) is 22.1 Å². The van der Waals surface area contributed by atoms with Gasteiger partial charge in [-0.15, -0.1) is 11.8 Å². The predicted molar refractivity (Wildman–Crippen MR) is 117 cm³/mol. The summed E-state index contributed by atoms with van der Waals surface area (Å²) in [6.07, 6.45) is 0. The van der Waals surface area contributed by atoms with Crippen molar-refractivity contribution < 1.29 is 9.18 Å². The van der Waals surface area contributed by atoms with Gasteiger partial charge in [-0.2, -0.15) is 0 Å². The highest BCUT2D eigenvalue weighted by Crippen LogP contribution is 2.38. The second kappa shape index (κ2) is 8.46. The lowest BCUT2D eigenvalue weighted by Crippen LogP contribution is -2.41. The third-order valence-electron chi connectivity index (χ3n) is 4.46. The summed E-state index contributed by atoms with van der Waals surface area (Å²) in [5, 5.41) is 6.64. The lowest BCUT2D eigenvalue weighted by atomic mass is 9.90. The lowest BCUT2D eigenvalue weighted by Gasteiger charge is -2.26. The van der Waals surface area contributed by atoms with Crippen LogP contribution in [0.4, 0.5) is 10.1 Å². The first-order chi connectivity index (χ1) is 13.3. The molecule has 2 aromatic rings. The zero-order valence-corrected chi connectivity index (χ0v) is 17.3. The molecule has 0 aromatic heterocycles. The molecule has 9 heteroatoms. The van der Waals surface area contributed by atoms with E-state index in [1.165, 1.54) is 17.8 Å². The molecule has 28 heavy (non-hydrogen) atoms. The number of benzene rings is 2. The fraction of sp³-hybridized carbons (Fsp3) is 0.211. The van der Waals surface area contributed by atoms with Crippen molar-refractivity contribution in [2.24, 2.45) is 10.7 Å². The largest absolute Gasteiger partial charge is 0.367 e. The fourth-order valence-electron chi connectivity index (χ4n) is 2.91. The average Bonchev–Trinajstić information content (AvgIpc) is 3.15. The van der Waals surface area contributed by atoms with Crippen LogP contribution in [0, 0.1) is 5.82 Å². The first-order valence-corrected chi connectivity index (χ1v) is 10.2. The maximum absolute atomic E-state index is 13.4. The zero-order chi connectivity index (χ0) is 20.3. The van der Waals surface area contributed by atoms with Gasteiger partial charge in [0.05, 0.1) is 16.6 Å². The van der Waals surface area contributed by atoms with Crippen LogP contribution in [0.2, 0.25) is 5.02 Å². The van der Waals surface area contributed by atoms with Crippen molar-refractivity contribution in [1.82, 2.24) is 5.32 Å². The standard InChI is InChI=1S/C19H18ClFN4OS2/c1-11(12-6-7-15(21)14(20)8-12)24-18(27)25-16-5-3-2-4-13(16)19(17(22)26)9-28-10-23-19/h2-8,10-11H,9H2,1H3,(H2,22,26)(H2,24,25,27). The number of nitrogens with one attached hydrogen (secondary N) is 2. The molecule has 3 rings (SSSR count). The molecule has 2 atom stereocenters. The summed E-state index contributed by atoms with van der Waals surface area (Å²) in [5.74, 6) is -0.554. The van der Waals surface area contributed by atoms with Gasteiger partial charge in [-0.05, 0) is 42.9 Å². The Bertz CT molecular complexity index is 955. The maximum atomic E-state index is 13.4. The van der Waals surface area contributed by atoms with Crippen LogP contribution in [0.25, 0.3) is 0 Å². The highest BCUT2D eigenvalue weighted by atomic mass is 35.5. The minimum atomic E-state index is -1.13. The Morgan fingerprint density at radius 1 is 1.39 bits per heavy atom. The van der Waals surface area contributed by atoms with Crippen LogP contribution in [0.3, 0.4) is 0 Å². The molecule has 1 aliphatic heterocycles. The van der Waals surface area contributed by atoms with E-state index in [0.717, 1.165) is 5.56 Å². The van der Waals surface area contributed by atoms with Crippen molar-refractivity contribution in [2.45, 2.75) is 18.5 Å². The first kappa shape index (κ1) is 20.6. The van der Waals surface area contributed by atoms with E-state index in [2.05, 4.69) is 15.6 Å². The number of nitrogens with two attached hydrogens (primary N) is 1. The molecule has 2 aromatic carbocycles. The second-order valence-electron chi connectivity index (χ2n) is 6.31. The topological polar surface area (TPSA) is 79.5 Å². The molecule has 1 amide bonds. The number of para-hydroxylation sites is 1. The minimum absolute atomic E-state index is 0.0513. The van der Waals surface area contributed by atoms with Crippen molar-refractivity contribution in [2.75, 3.05) is 11.1 Å². The van der Waals surface area contributed by atoms with Crippen LogP contribution in [-0.2, 0) is 10.3 Å². The number of hydrogen-bond donors (Lipinski definition) is 3. The molecule has 2 unspecified atom stereocenters. The Morgan fingerprint density at radius 2 is 2.14 bits per heavy atom. The van der Waals surface area contributed by atoms with Gasteiger partial charge in [-0.3, -0.25) is 9.79 Å². The highest BCUT2D eigenvalue weighted by Gasteiger charge is 2.42. The van der Waals surface area contributed by atoms with Crippen molar-refractivity contribution in [3.63, 3.8) is 0 Å². The summed E-state index contributed by atoms with van der Waals surface area (Å²) in [4.78, 5) is 16.5. The van der Waals surface area contributed by atoms with Crippen molar-refractivity contribution >= 4 is 57.8 Å². The molecule has 4 N–H and O–H groups in total. The third-order valence-corrected chi connectivity index (χ3v) is 5.81. The normalized spacial score (nSPS) is 19.2. The van der Waals surface area contributed by atoms with Gasteiger partial charge in [-0.25, -0.2) is 4.39 Å². The number of carbonyl (C=O) groups excluding carboxylic acids is 1. The molecule has 1 aliphatic rings. The Balaban J connectivity index is 1.79. The smallest absolute Gasteiger partial charge is 0.250 e. The number of thioether (sulfide) groups is 1. The summed E-state index contributed by atoms with van der Waals surface area (Å²) in [6, 6.07) is 11.6. The van der Waals surface area contributed by atoms with Gasteiger partial charge in [0.15, 0.2) is 10.7 Å². The molecule has 0 aliphatic carbocycles. The van der Waals surface area contributed by atoms with Gasteiger partial charge >= 0.3 is 0 Å². The predicted octanol–water partition coefficient (Wildman–Crippen LogP) is 3.98. The number of nitrogens with zero attached hydrogens (tertiary/aromatic N) is 1.